The van der Waals surface area contributed by atoms with Crippen molar-refractivity contribution in [1.29, 1.82) is 0 Å². The average Bonchev–Trinajstić information content (AvgIpc) is 2.64. The lowest BCUT2D eigenvalue weighted by molar-refractivity contribution is 0.0827. The summed E-state index contributed by atoms with van der Waals surface area (Å²) in [6.07, 6.45) is 1.64. The van der Waals surface area contributed by atoms with E-state index in [0.717, 1.165) is 16.6 Å². The lowest BCUT2D eigenvalue weighted by Crippen LogP contribution is -2.21. The number of aryl methyl sites for hydroxylation is 1. The predicted octanol–water partition coefficient (Wildman–Crippen LogP) is 1.57. The third kappa shape index (κ3) is 1.58. The lowest BCUT2D eigenvalue weighted by atomic mass is 10.1. The summed E-state index contributed by atoms with van der Waals surface area (Å²) in [4.78, 5) is 20.5. The van der Waals surface area contributed by atoms with Crippen LogP contribution in [0.5, 0.6) is 0 Å². The Kier molecular flexibility index (Phi) is 2.19. The molecule has 1 N–H and O–H groups in total. The van der Waals surface area contributed by atoms with Crippen molar-refractivity contribution in [3.63, 3.8) is 0 Å². The van der Waals surface area contributed by atoms with Crippen LogP contribution in [-0.2, 0) is 0 Å². The SMILES string of the molecule is Cc1cc(C(=O)N(C)C)cc2[nH]cnc12. The summed E-state index contributed by atoms with van der Waals surface area (Å²) in [6, 6.07) is 3.70. The van der Waals surface area contributed by atoms with Crippen molar-refractivity contribution in [2.24, 2.45) is 0 Å². The second kappa shape index (κ2) is 3.38. The van der Waals surface area contributed by atoms with E-state index in [9.17, 15) is 4.79 Å². The predicted molar refractivity (Wildman–Crippen MR) is 58.8 cm³/mol. The molecule has 0 spiro atoms. The molecule has 1 aromatic heterocycles. The number of rotatable bonds is 1. The van der Waals surface area contributed by atoms with Crippen molar-refractivity contribution < 1.29 is 4.79 Å². The van der Waals surface area contributed by atoms with Crippen LogP contribution in [0.25, 0.3) is 11.0 Å². The van der Waals surface area contributed by atoms with Crippen molar-refractivity contribution >= 4 is 16.9 Å². The molecule has 0 saturated heterocycles. The summed E-state index contributed by atoms with van der Waals surface area (Å²) >= 11 is 0. The third-order valence-electron chi connectivity index (χ3n) is 2.37. The van der Waals surface area contributed by atoms with Crippen molar-refractivity contribution in [2.75, 3.05) is 14.1 Å². The zero-order valence-electron chi connectivity index (χ0n) is 9.03. The molecule has 15 heavy (non-hydrogen) atoms. The molecule has 1 heterocycles. The van der Waals surface area contributed by atoms with Crippen molar-refractivity contribution in [3.05, 3.63) is 29.6 Å². The molecule has 4 heteroatoms. The summed E-state index contributed by atoms with van der Waals surface area (Å²) in [6.45, 7) is 1.95. The molecule has 0 radical (unpaired) electrons. The Balaban J connectivity index is 2.59. The quantitative estimate of drug-likeness (QED) is 0.764. The maximum atomic E-state index is 11.8. The van der Waals surface area contributed by atoms with E-state index in [1.165, 1.54) is 0 Å². The Labute approximate surface area is 87.9 Å². The zero-order chi connectivity index (χ0) is 11.0. The van der Waals surface area contributed by atoms with Gasteiger partial charge in [0.2, 0.25) is 0 Å². The number of aromatic amines is 1. The van der Waals surface area contributed by atoms with Gasteiger partial charge in [-0.2, -0.15) is 0 Å². The van der Waals surface area contributed by atoms with Crippen molar-refractivity contribution in [3.8, 4) is 0 Å². The fraction of sp³-hybridized carbons (Fsp3) is 0.273. The van der Waals surface area contributed by atoms with Gasteiger partial charge in [-0.15, -0.1) is 0 Å². The number of carbonyl (C=O) groups excluding carboxylic acids is 1. The van der Waals surface area contributed by atoms with Crippen molar-refractivity contribution in [2.45, 2.75) is 6.92 Å². The molecule has 2 aromatic rings. The third-order valence-corrected chi connectivity index (χ3v) is 2.37. The maximum Gasteiger partial charge on any atom is 0.253 e. The Morgan fingerprint density at radius 3 is 2.80 bits per heavy atom. The fourth-order valence-corrected chi connectivity index (χ4v) is 1.61. The van der Waals surface area contributed by atoms with Gasteiger partial charge in [-0.25, -0.2) is 4.98 Å². The van der Waals surface area contributed by atoms with Crippen LogP contribution in [0.3, 0.4) is 0 Å². The van der Waals surface area contributed by atoms with E-state index < -0.39 is 0 Å². The van der Waals surface area contributed by atoms with Gasteiger partial charge in [0.25, 0.3) is 5.91 Å². The summed E-state index contributed by atoms with van der Waals surface area (Å²) < 4.78 is 0. The van der Waals surface area contributed by atoms with Crippen LogP contribution < -0.4 is 0 Å². The van der Waals surface area contributed by atoms with Crippen LogP contribution in [0.15, 0.2) is 18.5 Å². The van der Waals surface area contributed by atoms with E-state index in [4.69, 9.17) is 0 Å². The lowest BCUT2D eigenvalue weighted by Gasteiger charge is -2.10. The minimum atomic E-state index is 0.00889. The minimum absolute atomic E-state index is 0.00889. The summed E-state index contributed by atoms with van der Waals surface area (Å²) in [5, 5.41) is 0. The molecule has 0 fully saturated rings. The van der Waals surface area contributed by atoms with Gasteiger partial charge in [-0.3, -0.25) is 4.79 Å². The standard InChI is InChI=1S/C11H13N3O/c1-7-4-8(11(15)14(2)3)5-9-10(7)13-6-12-9/h4-6H,1-3H3,(H,12,13). The molecule has 0 atom stereocenters. The number of hydrogen-bond acceptors (Lipinski definition) is 2. The van der Waals surface area contributed by atoms with Crippen LogP contribution in [0.4, 0.5) is 0 Å². The normalized spacial score (nSPS) is 10.6. The first kappa shape index (κ1) is 9.71. The smallest absolute Gasteiger partial charge is 0.253 e. The molecular formula is C11H13N3O. The number of hydrogen-bond donors (Lipinski definition) is 1. The number of amides is 1. The van der Waals surface area contributed by atoms with E-state index in [1.54, 1.807) is 25.3 Å². The minimum Gasteiger partial charge on any atom is -0.345 e. The highest BCUT2D eigenvalue weighted by molar-refractivity contribution is 5.97. The molecule has 0 bridgehead atoms. The summed E-state index contributed by atoms with van der Waals surface area (Å²) in [7, 11) is 3.49. The molecule has 0 unspecified atom stereocenters. The molecule has 0 aliphatic carbocycles. The van der Waals surface area contributed by atoms with Gasteiger partial charge >= 0.3 is 0 Å². The van der Waals surface area contributed by atoms with Crippen LogP contribution in [0, 0.1) is 6.92 Å². The zero-order valence-corrected chi connectivity index (χ0v) is 9.03. The number of nitrogens with one attached hydrogen (secondary N) is 1. The van der Waals surface area contributed by atoms with E-state index in [-0.39, 0.29) is 5.91 Å². The number of nitrogens with zero attached hydrogens (tertiary/aromatic N) is 2. The van der Waals surface area contributed by atoms with Crippen LogP contribution in [0.1, 0.15) is 15.9 Å². The van der Waals surface area contributed by atoms with Crippen LogP contribution in [0.2, 0.25) is 0 Å². The average molecular weight is 203 g/mol. The number of aromatic nitrogens is 2. The molecule has 2 rings (SSSR count). The van der Waals surface area contributed by atoms with Gasteiger partial charge in [0.1, 0.15) is 0 Å². The molecule has 0 aliphatic rings. The molecule has 1 aromatic carbocycles. The molecule has 0 saturated carbocycles. The van der Waals surface area contributed by atoms with E-state index in [0.29, 0.717) is 5.56 Å². The van der Waals surface area contributed by atoms with Gasteiger partial charge < -0.3 is 9.88 Å². The maximum absolute atomic E-state index is 11.8. The first-order valence-corrected chi connectivity index (χ1v) is 4.75. The van der Waals surface area contributed by atoms with Crippen LogP contribution in [-0.4, -0.2) is 34.9 Å². The Morgan fingerprint density at radius 2 is 2.13 bits per heavy atom. The number of H-pyrrole nitrogens is 1. The van der Waals surface area contributed by atoms with Gasteiger partial charge in [0.05, 0.1) is 17.4 Å². The molecule has 78 valence electrons. The van der Waals surface area contributed by atoms with Gasteiger partial charge in [0.15, 0.2) is 0 Å². The monoisotopic (exact) mass is 203 g/mol. The van der Waals surface area contributed by atoms with Crippen molar-refractivity contribution in [1.82, 2.24) is 14.9 Å². The van der Waals surface area contributed by atoms with E-state index in [1.807, 2.05) is 19.1 Å². The van der Waals surface area contributed by atoms with Crippen LogP contribution >= 0.6 is 0 Å². The first-order chi connectivity index (χ1) is 7.09. The second-order valence-corrected chi connectivity index (χ2v) is 3.79. The van der Waals surface area contributed by atoms with Gasteiger partial charge in [-0.05, 0) is 24.6 Å². The number of benzene rings is 1. The Bertz CT molecular complexity index is 514. The summed E-state index contributed by atoms with van der Waals surface area (Å²) in [5.74, 6) is 0.00889. The topological polar surface area (TPSA) is 49.0 Å². The number of carbonyl (C=O) groups is 1. The Morgan fingerprint density at radius 1 is 1.40 bits per heavy atom. The van der Waals surface area contributed by atoms with E-state index in [2.05, 4.69) is 9.97 Å². The number of fused-ring (bicyclic) bond motifs is 1. The fourth-order valence-electron chi connectivity index (χ4n) is 1.61. The van der Waals surface area contributed by atoms with E-state index >= 15 is 0 Å². The first-order valence-electron chi connectivity index (χ1n) is 4.75. The molecule has 1 amide bonds. The largest absolute Gasteiger partial charge is 0.345 e. The Hall–Kier alpha value is -1.84. The molecule has 4 nitrogen and oxygen atoms in total. The highest BCUT2D eigenvalue weighted by atomic mass is 16.2. The molecule has 0 aliphatic heterocycles. The molecular weight excluding hydrogens is 190 g/mol. The van der Waals surface area contributed by atoms with Gasteiger partial charge in [0, 0.05) is 19.7 Å². The van der Waals surface area contributed by atoms with Gasteiger partial charge in [-0.1, -0.05) is 0 Å². The summed E-state index contributed by atoms with van der Waals surface area (Å²) in [5.41, 5.74) is 3.53. The second-order valence-electron chi connectivity index (χ2n) is 3.79. The highest BCUT2D eigenvalue weighted by Gasteiger charge is 2.11. The number of imidazole rings is 1. The highest BCUT2D eigenvalue weighted by Crippen LogP contribution is 2.17.